The number of benzene rings is 1. The maximum absolute atomic E-state index is 12.8. The Morgan fingerprint density at radius 2 is 1.37 bits per heavy atom. The molecule has 2 aliphatic heterocycles. The number of hydrogen-bond acceptors (Lipinski definition) is 5. The molecule has 2 N–H and O–H groups in total. The first-order chi connectivity index (χ1) is 17.4. The Kier molecular flexibility index (Phi) is 12.0. The van der Waals surface area contributed by atoms with Gasteiger partial charge in [-0.25, -0.2) is 9.59 Å². The number of carboxylic acid groups (broad SMARTS) is 2. The van der Waals surface area contributed by atoms with E-state index in [0.717, 1.165) is 50.1 Å². The molecule has 1 aromatic rings. The molecule has 2 aliphatic rings. The Bertz CT molecular complexity index is 920. The van der Waals surface area contributed by atoms with Crippen LogP contribution in [0, 0.1) is 6.92 Å². The van der Waals surface area contributed by atoms with Crippen LogP contribution >= 0.6 is 0 Å². The summed E-state index contributed by atoms with van der Waals surface area (Å²) in [6, 6.07) is 7.95. The largest absolute Gasteiger partial charge is 0.490 e. The van der Waals surface area contributed by atoms with Gasteiger partial charge in [-0.2, -0.15) is 26.3 Å². The number of amides is 1. The Morgan fingerprint density at radius 1 is 0.895 bits per heavy atom. The number of hydrogen-bond donors (Lipinski definition) is 2. The number of halogens is 6. The number of aliphatic carboxylic acids is 2. The lowest BCUT2D eigenvalue weighted by Crippen LogP contribution is -2.54. The molecule has 0 aliphatic carbocycles. The second-order valence-electron chi connectivity index (χ2n) is 9.33. The molecule has 1 amide bonds. The van der Waals surface area contributed by atoms with Gasteiger partial charge in [0, 0.05) is 37.3 Å². The highest BCUT2D eigenvalue weighted by molar-refractivity contribution is 5.95. The summed E-state index contributed by atoms with van der Waals surface area (Å²) in [5, 5.41) is 14.2. The van der Waals surface area contributed by atoms with Gasteiger partial charge in [0.15, 0.2) is 0 Å². The zero-order valence-electron chi connectivity index (χ0n) is 21.4. The van der Waals surface area contributed by atoms with Crippen molar-refractivity contribution in [2.75, 3.05) is 46.8 Å². The molecule has 2 fully saturated rings. The minimum Gasteiger partial charge on any atom is -0.475 e. The van der Waals surface area contributed by atoms with Gasteiger partial charge < -0.3 is 20.0 Å². The molecule has 0 atom stereocenters. The van der Waals surface area contributed by atoms with E-state index in [4.69, 9.17) is 19.8 Å². The Labute approximate surface area is 216 Å². The van der Waals surface area contributed by atoms with Crippen molar-refractivity contribution in [1.82, 2.24) is 14.7 Å². The number of rotatable bonds is 4. The molecule has 14 heteroatoms. The molecule has 0 unspecified atom stereocenters. The first kappa shape index (κ1) is 33.2. The number of carbonyl (C=O) groups is 3. The van der Waals surface area contributed by atoms with Gasteiger partial charge in [-0.05, 0) is 64.9 Å². The predicted molar refractivity (Wildman–Crippen MR) is 126 cm³/mol. The molecule has 0 saturated carbocycles. The van der Waals surface area contributed by atoms with Crippen LogP contribution in [0.2, 0.25) is 0 Å². The maximum atomic E-state index is 12.8. The number of alkyl halides is 6. The second kappa shape index (κ2) is 13.8. The highest BCUT2D eigenvalue weighted by Gasteiger charge is 2.43. The lowest BCUT2D eigenvalue weighted by atomic mass is 9.84. The smallest absolute Gasteiger partial charge is 0.475 e. The molecular weight excluding hydrogens is 524 g/mol. The van der Waals surface area contributed by atoms with E-state index < -0.39 is 24.3 Å². The van der Waals surface area contributed by atoms with E-state index in [9.17, 15) is 31.1 Å². The summed E-state index contributed by atoms with van der Waals surface area (Å²) in [7, 11) is 4.29. The van der Waals surface area contributed by atoms with Crippen LogP contribution in [0.4, 0.5) is 26.3 Å². The molecule has 3 rings (SSSR count). The topological polar surface area (TPSA) is 101 Å². The van der Waals surface area contributed by atoms with E-state index in [1.165, 1.54) is 19.4 Å². The fourth-order valence-corrected chi connectivity index (χ4v) is 4.34. The van der Waals surface area contributed by atoms with Crippen LogP contribution in [0.1, 0.15) is 41.6 Å². The maximum Gasteiger partial charge on any atom is 0.490 e. The summed E-state index contributed by atoms with van der Waals surface area (Å²) in [6.07, 6.45) is -5.32. The Hall–Kier alpha value is -2.87. The molecule has 8 nitrogen and oxygen atoms in total. The normalized spacial score (nSPS) is 17.4. The SMILES string of the molecule is Cc1ccccc1C(=O)N1CCC2(CCCN2CCN(C)C)CC1.O=C(O)C(F)(F)F.O=C(O)C(F)(F)F. The van der Waals surface area contributed by atoms with Gasteiger partial charge in [0.25, 0.3) is 5.91 Å². The van der Waals surface area contributed by atoms with Gasteiger partial charge in [-0.15, -0.1) is 0 Å². The summed E-state index contributed by atoms with van der Waals surface area (Å²) in [6.45, 7) is 7.31. The number of aryl methyl sites for hydroxylation is 1. The van der Waals surface area contributed by atoms with Crippen LogP contribution in [-0.4, -0.2) is 107 Å². The number of nitrogens with zero attached hydrogens (tertiary/aromatic N) is 3. The average molecular weight is 558 g/mol. The van der Waals surface area contributed by atoms with Crippen molar-refractivity contribution < 1.29 is 50.9 Å². The van der Waals surface area contributed by atoms with E-state index in [0.29, 0.717) is 5.54 Å². The highest BCUT2D eigenvalue weighted by atomic mass is 19.4. The first-order valence-corrected chi connectivity index (χ1v) is 11.8. The second-order valence-corrected chi connectivity index (χ2v) is 9.33. The van der Waals surface area contributed by atoms with Crippen LogP contribution in [0.15, 0.2) is 24.3 Å². The third-order valence-corrected chi connectivity index (χ3v) is 6.40. The lowest BCUT2D eigenvalue weighted by Gasteiger charge is -2.45. The van der Waals surface area contributed by atoms with Crippen molar-refractivity contribution in [3.8, 4) is 0 Å². The van der Waals surface area contributed by atoms with Gasteiger partial charge in [-0.1, -0.05) is 18.2 Å². The van der Waals surface area contributed by atoms with E-state index in [-0.39, 0.29) is 5.91 Å². The molecule has 2 heterocycles. The molecular formula is C24H33F6N3O5. The van der Waals surface area contributed by atoms with Gasteiger partial charge in [0.2, 0.25) is 0 Å². The van der Waals surface area contributed by atoms with Crippen molar-refractivity contribution in [1.29, 1.82) is 0 Å². The Morgan fingerprint density at radius 3 is 1.79 bits per heavy atom. The average Bonchev–Trinajstić information content (AvgIpc) is 3.19. The minimum atomic E-state index is -5.08. The minimum absolute atomic E-state index is 0.209. The van der Waals surface area contributed by atoms with Gasteiger partial charge in [0.05, 0.1) is 0 Å². The van der Waals surface area contributed by atoms with Crippen molar-refractivity contribution in [3.63, 3.8) is 0 Å². The summed E-state index contributed by atoms with van der Waals surface area (Å²) < 4.78 is 63.5. The molecule has 1 aromatic carbocycles. The highest BCUT2D eigenvalue weighted by Crippen LogP contribution is 2.38. The first-order valence-electron chi connectivity index (χ1n) is 11.8. The van der Waals surface area contributed by atoms with Crippen molar-refractivity contribution in [2.45, 2.75) is 50.5 Å². The fourth-order valence-electron chi connectivity index (χ4n) is 4.34. The Balaban J connectivity index is 0.000000426. The van der Waals surface area contributed by atoms with Crippen molar-refractivity contribution in [2.24, 2.45) is 0 Å². The third-order valence-electron chi connectivity index (χ3n) is 6.40. The summed E-state index contributed by atoms with van der Waals surface area (Å²) in [4.78, 5) is 37.6. The van der Waals surface area contributed by atoms with Crippen LogP contribution < -0.4 is 0 Å². The lowest BCUT2D eigenvalue weighted by molar-refractivity contribution is -0.193. The summed E-state index contributed by atoms with van der Waals surface area (Å²) >= 11 is 0. The molecule has 216 valence electrons. The van der Waals surface area contributed by atoms with Gasteiger partial charge in [0.1, 0.15) is 0 Å². The standard InChI is InChI=1S/C20H31N3O.2C2HF3O2/c1-17-7-4-5-8-18(17)19(24)22-13-10-20(11-14-22)9-6-12-23(20)16-15-21(2)3;2*3-2(4,5)1(6)7/h4-5,7-8H,6,9-16H2,1-3H3;2*(H,6,7). The number of piperidine rings is 1. The molecule has 2 saturated heterocycles. The zero-order chi connectivity index (χ0) is 29.3. The third kappa shape index (κ3) is 10.1. The van der Waals surface area contributed by atoms with E-state index in [2.05, 4.69) is 28.8 Å². The zero-order valence-corrected chi connectivity index (χ0v) is 21.4. The summed E-state index contributed by atoms with van der Waals surface area (Å²) in [5.74, 6) is -5.30. The van der Waals surface area contributed by atoms with Gasteiger partial charge in [-0.3, -0.25) is 9.69 Å². The fraction of sp³-hybridized carbons (Fsp3) is 0.625. The van der Waals surface area contributed by atoms with Crippen molar-refractivity contribution >= 4 is 17.8 Å². The molecule has 0 bridgehead atoms. The van der Waals surface area contributed by atoms with E-state index in [1.54, 1.807) is 0 Å². The number of carboxylic acids is 2. The molecule has 0 radical (unpaired) electrons. The molecule has 38 heavy (non-hydrogen) atoms. The van der Waals surface area contributed by atoms with Gasteiger partial charge >= 0.3 is 24.3 Å². The number of carbonyl (C=O) groups excluding carboxylic acids is 1. The van der Waals surface area contributed by atoms with Crippen LogP contribution in [0.3, 0.4) is 0 Å². The van der Waals surface area contributed by atoms with E-state index in [1.807, 2.05) is 31.2 Å². The predicted octanol–water partition coefficient (Wildman–Crippen LogP) is 3.89. The van der Waals surface area contributed by atoms with Crippen molar-refractivity contribution in [3.05, 3.63) is 35.4 Å². The number of likely N-dealkylation sites (N-methyl/N-ethyl adjacent to an activating group) is 1. The molecule has 1 spiro atoms. The van der Waals surface area contributed by atoms with Crippen LogP contribution in [0.25, 0.3) is 0 Å². The van der Waals surface area contributed by atoms with E-state index >= 15 is 0 Å². The van der Waals surface area contributed by atoms with Crippen LogP contribution in [0.5, 0.6) is 0 Å². The number of likely N-dealkylation sites (tertiary alicyclic amines) is 2. The monoisotopic (exact) mass is 557 g/mol. The quantitative estimate of drug-likeness (QED) is 0.542. The van der Waals surface area contributed by atoms with Crippen LogP contribution in [-0.2, 0) is 9.59 Å². The molecule has 0 aromatic heterocycles. The summed E-state index contributed by atoms with van der Waals surface area (Å²) in [5.41, 5.74) is 2.29.